The monoisotopic (exact) mass is 321 g/mol. The highest BCUT2D eigenvalue weighted by atomic mass is 32.2. The summed E-state index contributed by atoms with van der Waals surface area (Å²) in [6.07, 6.45) is 1.92. The number of carbonyl (C=O) groups excluding carboxylic acids is 2. The van der Waals surface area contributed by atoms with E-state index in [4.69, 9.17) is 0 Å². The fourth-order valence-corrected chi connectivity index (χ4v) is 2.96. The molecule has 1 aromatic carbocycles. The van der Waals surface area contributed by atoms with Crippen molar-refractivity contribution < 1.29 is 9.59 Å². The molecule has 0 spiro atoms. The molecule has 7 heteroatoms. The van der Waals surface area contributed by atoms with Gasteiger partial charge in [0.1, 0.15) is 5.69 Å². The fourth-order valence-electron chi connectivity index (χ4n) is 1.68. The molecule has 0 unspecified atom stereocenters. The number of benzene rings is 1. The van der Waals surface area contributed by atoms with Crippen LogP contribution >= 0.6 is 23.1 Å². The Bertz CT molecular complexity index is 655. The summed E-state index contributed by atoms with van der Waals surface area (Å²) in [5.41, 5.74) is 0.912. The van der Waals surface area contributed by atoms with Crippen LogP contribution in [0.25, 0.3) is 0 Å². The highest BCUT2D eigenvalue weighted by Crippen LogP contribution is 2.22. The van der Waals surface area contributed by atoms with Crippen LogP contribution in [0, 0.1) is 0 Å². The molecule has 2 amide bonds. The quantitative estimate of drug-likeness (QED) is 0.831. The Hall–Kier alpha value is -1.86. The summed E-state index contributed by atoms with van der Waals surface area (Å²) in [7, 11) is 0. The number of thioether (sulfide) groups is 1. The van der Waals surface area contributed by atoms with E-state index in [0.29, 0.717) is 22.9 Å². The second-order valence-corrected chi connectivity index (χ2v) is 5.76. The molecule has 21 heavy (non-hydrogen) atoms. The molecule has 0 atom stereocenters. The Morgan fingerprint density at radius 1 is 1.29 bits per heavy atom. The molecule has 0 bridgehead atoms. The second kappa shape index (κ2) is 7.24. The summed E-state index contributed by atoms with van der Waals surface area (Å²) >= 11 is 2.74. The first kappa shape index (κ1) is 15.5. The Balaban J connectivity index is 2.11. The largest absolute Gasteiger partial charge is 0.351 e. The summed E-state index contributed by atoms with van der Waals surface area (Å²) in [5, 5.41) is 7.43. The molecule has 0 aliphatic rings. The van der Waals surface area contributed by atoms with E-state index in [1.807, 2.05) is 31.4 Å². The standard InChI is InChI=1S/C14H15N3O2S2/c1-3-15-13(19)10-8-21-14(16-10)17-12(18)9-6-4-5-7-11(9)20-2/h4-8H,3H2,1-2H3,(H,15,19)(H,16,17,18). The van der Waals surface area contributed by atoms with E-state index in [2.05, 4.69) is 15.6 Å². The molecule has 2 N–H and O–H groups in total. The topological polar surface area (TPSA) is 71.1 Å². The molecule has 110 valence electrons. The van der Waals surface area contributed by atoms with Crippen molar-refractivity contribution in [3.8, 4) is 0 Å². The molecule has 5 nitrogen and oxygen atoms in total. The van der Waals surface area contributed by atoms with Crippen LogP contribution in [0.15, 0.2) is 34.5 Å². The summed E-state index contributed by atoms with van der Waals surface area (Å²) < 4.78 is 0. The Kier molecular flexibility index (Phi) is 5.35. The van der Waals surface area contributed by atoms with Gasteiger partial charge in [-0.05, 0) is 25.3 Å². The Morgan fingerprint density at radius 3 is 2.76 bits per heavy atom. The average Bonchev–Trinajstić information content (AvgIpc) is 2.96. The smallest absolute Gasteiger partial charge is 0.270 e. The zero-order valence-corrected chi connectivity index (χ0v) is 13.3. The van der Waals surface area contributed by atoms with Crippen molar-refractivity contribution in [2.75, 3.05) is 18.1 Å². The predicted octanol–water partition coefficient (Wildman–Crippen LogP) is 2.87. The first-order valence-electron chi connectivity index (χ1n) is 6.33. The molecule has 0 aliphatic carbocycles. The maximum Gasteiger partial charge on any atom is 0.270 e. The van der Waals surface area contributed by atoms with Gasteiger partial charge in [0.2, 0.25) is 0 Å². The van der Waals surface area contributed by atoms with Crippen LogP contribution in [-0.2, 0) is 0 Å². The Morgan fingerprint density at radius 2 is 2.05 bits per heavy atom. The van der Waals surface area contributed by atoms with Gasteiger partial charge in [-0.15, -0.1) is 23.1 Å². The molecule has 0 radical (unpaired) electrons. The van der Waals surface area contributed by atoms with Crippen molar-refractivity contribution in [1.82, 2.24) is 10.3 Å². The molecule has 0 saturated heterocycles. The number of anilines is 1. The third kappa shape index (κ3) is 3.83. The number of nitrogens with zero attached hydrogens (tertiary/aromatic N) is 1. The molecular weight excluding hydrogens is 306 g/mol. The molecule has 1 aromatic heterocycles. The van der Waals surface area contributed by atoms with Crippen molar-refractivity contribution in [2.24, 2.45) is 0 Å². The zero-order valence-electron chi connectivity index (χ0n) is 11.7. The first-order chi connectivity index (χ1) is 10.2. The van der Waals surface area contributed by atoms with Gasteiger partial charge in [0.25, 0.3) is 11.8 Å². The van der Waals surface area contributed by atoms with Crippen LogP contribution < -0.4 is 10.6 Å². The number of amides is 2. The van der Waals surface area contributed by atoms with E-state index < -0.39 is 0 Å². The maximum absolute atomic E-state index is 12.2. The van der Waals surface area contributed by atoms with Crippen molar-refractivity contribution in [3.05, 3.63) is 40.9 Å². The maximum atomic E-state index is 12.2. The molecule has 1 heterocycles. The van der Waals surface area contributed by atoms with Gasteiger partial charge in [0, 0.05) is 16.8 Å². The van der Waals surface area contributed by atoms with Gasteiger partial charge in [-0.3, -0.25) is 14.9 Å². The van der Waals surface area contributed by atoms with Crippen LogP contribution in [0.4, 0.5) is 5.13 Å². The van der Waals surface area contributed by atoms with Gasteiger partial charge in [-0.2, -0.15) is 0 Å². The van der Waals surface area contributed by atoms with Crippen molar-refractivity contribution >= 4 is 40.0 Å². The first-order valence-corrected chi connectivity index (χ1v) is 8.44. The second-order valence-electron chi connectivity index (χ2n) is 4.05. The number of hydrogen-bond acceptors (Lipinski definition) is 5. The van der Waals surface area contributed by atoms with Gasteiger partial charge >= 0.3 is 0 Å². The number of aromatic nitrogens is 1. The highest BCUT2D eigenvalue weighted by Gasteiger charge is 2.14. The number of rotatable bonds is 5. The normalized spacial score (nSPS) is 10.2. The number of hydrogen-bond donors (Lipinski definition) is 2. The SMILES string of the molecule is CCNC(=O)c1csc(NC(=O)c2ccccc2SC)n1. The molecule has 0 aliphatic heterocycles. The molecule has 0 saturated carbocycles. The minimum Gasteiger partial charge on any atom is -0.351 e. The lowest BCUT2D eigenvalue weighted by Crippen LogP contribution is -2.23. The number of nitrogens with one attached hydrogen (secondary N) is 2. The van der Waals surface area contributed by atoms with Crippen LogP contribution in [-0.4, -0.2) is 29.6 Å². The summed E-state index contributed by atoms with van der Waals surface area (Å²) in [6, 6.07) is 7.36. The van der Waals surface area contributed by atoms with Crippen LogP contribution in [0.5, 0.6) is 0 Å². The average molecular weight is 321 g/mol. The van der Waals surface area contributed by atoms with E-state index in [-0.39, 0.29) is 11.8 Å². The fraction of sp³-hybridized carbons (Fsp3) is 0.214. The van der Waals surface area contributed by atoms with Gasteiger partial charge in [-0.25, -0.2) is 4.98 Å². The van der Waals surface area contributed by atoms with E-state index in [0.717, 1.165) is 4.90 Å². The van der Waals surface area contributed by atoms with Gasteiger partial charge in [0.15, 0.2) is 5.13 Å². The van der Waals surface area contributed by atoms with Gasteiger partial charge < -0.3 is 5.32 Å². The summed E-state index contributed by atoms with van der Waals surface area (Å²) in [4.78, 5) is 28.9. The lowest BCUT2D eigenvalue weighted by atomic mass is 10.2. The van der Waals surface area contributed by atoms with E-state index >= 15 is 0 Å². The highest BCUT2D eigenvalue weighted by molar-refractivity contribution is 7.98. The predicted molar refractivity (Wildman–Crippen MR) is 86.3 cm³/mol. The molecule has 2 aromatic rings. The van der Waals surface area contributed by atoms with Crippen LogP contribution in [0.3, 0.4) is 0 Å². The van der Waals surface area contributed by atoms with Crippen molar-refractivity contribution in [2.45, 2.75) is 11.8 Å². The lowest BCUT2D eigenvalue weighted by molar-refractivity contribution is 0.0950. The number of carbonyl (C=O) groups is 2. The lowest BCUT2D eigenvalue weighted by Gasteiger charge is -2.06. The van der Waals surface area contributed by atoms with Gasteiger partial charge in [-0.1, -0.05) is 12.1 Å². The number of thiazole rings is 1. The van der Waals surface area contributed by atoms with E-state index in [1.54, 1.807) is 11.4 Å². The third-order valence-electron chi connectivity index (χ3n) is 2.65. The molecule has 2 rings (SSSR count). The van der Waals surface area contributed by atoms with Crippen LogP contribution in [0.2, 0.25) is 0 Å². The Labute approximate surface area is 131 Å². The van der Waals surface area contributed by atoms with E-state index in [9.17, 15) is 9.59 Å². The van der Waals surface area contributed by atoms with Gasteiger partial charge in [0.05, 0.1) is 5.56 Å². The third-order valence-corrected chi connectivity index (χ3v) is 4.20. The van der Waals surface area contributed by atoms with E-state index in [1.165, 1.54) is 23.1 Å². The minimum absolute atomic E-state index is 0.225. The minimum atomic E-state index is -0.237. The van der Waals surface area contributed by atoms with Crippen molar-refractivity contribution in [1.29, 1.82) is 0 Å². The molecular formula is C14H15N3O2S2. The zero-order chi connectivity index (χ0) is 15.2. The summed E-state index contributed by atoms with van der Waals surface area (Å²) in [5.74, 6) is -0.462. The van der Waals surface area contributed by atoms with Crippen LogP contribution in [0.1, 0.15) is 27.8 Å². The summed E-state index contributed by atoms with van der Waals surface area (Å²) in [6.45, 7) is 2.38. The van der Waals surface area contributed by atoms with Crippen molar-refractivity contribution in [3.63, 3.8) is 0 Å². The molecule has 0 fully saturated rings.